The van der Waals surface area contributed by atoms with Crippen LogP contribution in [-0.4, -0.2) is 16.6 Å². The molecule has 0 unspecified atom stereocenters. The third-order valence-corrected chi connectivity index (χ3v) is 5.64. The second kappa shape index (κ2) is 4.88. The summed E-state index contributed by atoms with van der Waals surface area (Å²) in [5, 5.41) is 0. The minimum Gasteiger partial charge on any atom is -0.273 e. The Morgan fingerprint density at radius 1 is 1.25 bits per heavy atom. The second-order valence-electron chi connectivity index (χ2n) is 5.89. The highest BCUT2D eigenvalue weighted by Gasteiger charge is 2.55. The third kappa shape index (κ3) is 2.46. The number of amides is 2. The average Bonchev–Trinajstić information content (AvgIpc) is 3.35. The summed E-state index contributed by atoms with van der Waals surface area (Å²) >= 11 is 3.42. The maximum atomic E-state index is 12.0. The second-order valence-corrected chi connectivity index (χ2v) is 7.00. The van der Waals surface area contributed by atoms with Gasteiger partial charge in [-0.3, -0.25) is 20.4 Å². The molecule has 4 nitrogen and oxygen atoms in total. The predicted molar refractivity (Wildman–Crippen MR) is 79.0 cm³/mol. The first kappa shape index (κ1) is 13.6. The summed E-state index contributed by atoms with van der Waals surface area (Å²) in [4.78, 5) is 24.1. The molecule has 2 amide bonds. The summed E-state index contributed by atoms with van der Waals surface area (Å²) in [6.07, 6.45) is 1.66. The van der Waals surface area contributed by atoms with E-state index in [2.05, 4.69) is 26.8 Å². The number of benzene rings is 1. The molecule has 0 aromatic heterocycles. The highest BCUT2D eigenvalue weighted by molar-refractivity contribution is 9.09. The van der Waals surface area contributed by atoms with Crippen LogP contribution in [0, 0.1) is 11.3 Å². The van der Waals surface area contributed by atoms with Crippen LogP contribution in [0.2, 0.25) is 0 Å². The lowest BCUT2D eigenvalue weighted by atomic mass is 10.1. The van der Waals surface area contributed by atoms with Crippen molar-refractivity contribution >= 4 is 27.7 Å². The van der Waals surface area contributed by atoms with Gasteiger partial charge in [-0.05, 0) is 31.2 Å². The van der Waals surface area contributed by atoms with Crippen LogP contribution in [0.15, 0.2) is 30.3 Å². The molecule has 2 aliphatic rings. The van der Waals surface area contributed by atoms with Crippen LogP contribution in [0.3, 0.4) is 0 Å². The Morgan fingerprint density at radius 2 is 1.90 bits per heavy atom. The molecule has 0 bridgehead atoms. The molecule has 3 rings (SSSR count). The summed E-state index contributed by atoms with van der Waals surface area (Å²) in [6.45, 7) is 1.89. The predicted octanol–water partition coefficient (Wildman–Crippen LogP) is 2.11. The van der Waals surface area contributed by atoms with E-state index < -0.39 is 0 Å². The zero-order valence-corrected chi connectivity index (χ0v) is 12.8. The van der Waals surface area contributed by atoms with Crippen molar-refractivity contribution < 1.29 is 9.59 Å². The van der Waals surface area contributed by atoms with E-state index in [0.29, 0.717) is 0 Å². The van der Waals surface area contributed by atoms with Crippen molar-refractivity contribution in [2.24, 2.45) is 11.3 Å². The topological polar surface area (TPSA) is 58.2 Å². The number of nitrogens with one attached hydrogen (secondary N) is 2. The molecule has 2 N–H and O–H groups in total. The van der Waals surface area contributed by atoms with Crippen molar-refractivity contribution in [3.63, 3.8) is 0 Å². The van der Waals surface area contributed by atoms with Gasteiger partial charge >= 0.3 is 0 Å². The van der Waals surface area contributed by atoms with Crippen LogP contribution in [0.5, 0.6) is 0 Å². The molecule has 0 radical (unpaired) electrons. The number of alkyl halides is 1. The van der Waals surface area contributed by atoms with Gasteiger partial charge in [0, 0.05) is 10.7 Å². The van der Waals surface area contributed by atoms with Gasteiger partial charge in [-0.25, -0.2) is 0 Å². The van der Waals surface area contributed by atoms with Crippen LogP contribution in [0.25, 0.3) is 0 Å². The number of carbonyl (C=O) groups is 2. The average molecular weight is 337 g/mol. The van der Waals surface area contributed by atoms with Gasteiger partial charge in [0.2, 0.25) is 11.8 Å². The molecule has 1 aromatic rings. The Labute approximate surface area is 126 Å². The molecule has 106 valence electrons. The molecular weight excluding hydrogens is 320 g/mol. The summed E-state index contributed by atoms with van der Waals surface area (Å²) in [7, 11) is 0. The largest absolute Gasteiger partial charge is 0.273 e. The smallest absolute Gasteiger partial charge is 0.245 e. The lowest BCUT2D eigenvalue weighted by Crippen LogP contribution is -2.46. The maximum Gasteiger partial charge on any atom is 0.245 e. The van der Waals surface area contributed by atoms with Crippen molar-refractivity contribution in [3.05, 3.63) is 35.9 Å². The normalized spacial score (nSPS) is 34.2. The monoisotopic (exact) mass is 336 g/mol. The minimum absolute atomic E-state index is 0.0236. The van der Waals surface area contributed by atoms with E-state index in [1.54, 1.807) is 0 Å². The van der Waals surface area contributed by atoms with Crippen molar-refractivity contribution in [1.82, 2.24) is 10.9 Å². The molecule has 0 heterocycles. The van der Waals surface area contributed by atoms with Crippen LogP contribution in [0.4, 0.5) is 0 Å². The molecular formula is C15H17BrN2O2. The highest BCUT2D eigenvalue weighted by atomic mass is 79.9. The van der Waals surface area contributed by atoms with Crippen molar-refractivity contribution in [2.75, 3.05) is 0 Å². The first-order chi connectivity index (χ1) is 9.52. The molecule has 0 aliphatic heterocycles. The van der Waals surface area contributed by atoms with Gasteiger partial charge in [-0.2, -0.15) is 0 Å². The Kier molecular flexibility index (Phi) is 3.32. The zero-order valence-electron chi connectivity index (χ0n) is 11.2. The maximum absolute atomic E-state index is 12.0. The molecule has 0 spiro atoms. The van der Waals surface area contributed by atoms with Gasteiger partial charge in [0.05, 0.1) is 5.41 Å². The number of halogens is 1. The Hall–Kier alpha value is -1.36. The van der Waals surface area contributed by atoms with Crippen LogP contribution in [0.1, 0.15) is 31.2 Å². The van der Waals surface area contributed by atoms with Crippen LogP contribution < -0.4 is 10.9 Å². The zero-order chi connectivity index (χ0) is 14.3. The van der Waals surface area contributed by atoms with Crippen molar-refractivity contribution in [3.8, 4) is 0 Å². The van der Waals surface area contributed by atoms with E-state index in [1.165, 1.54) is 5.56 Å². The third-order valence-electron chi connectivity index (χ3n) is 4.31. The molecule has 0 saturated heterocycles. The van der Waals surface area contributed by atoms with Gasteiger partial charge < -0.3 is 0 Å². The van der Waals surface area contributed by atoms with Crippen molar-refractivity contribution in [1.29, 1.82) is 0 Å². The SMILES string of the molecule is C[C@]1(C(=O)NNC(=O)[C@@H]2C[C@@H]2c2ccccc2)C[C@@H]1Br. The number of hydrogen-bond acceptors (Lipinski definition) is 2. The van der Waals surface area contributed by atoms with Gasteiger partial charge in [0.15, 0.2) is 0 Å². The molecule has 2 aliphatic carbocycles. The lowest BCUT2D eigenvalue weighted by Gasteiger charge is -2.11. The first-order valence-corrected chi connectivity index (χ1v) is 7.73. The summed E-state index contributed by atoms with van der Waals surface area (Å²) < 4.78 is 0. The van der Waals surface area contributed by atoms with E-state index >= 15 is 0 Å². The fourth-order valence-electron chi connectivity index (χ4n) is 2.46. The van der Waals surface area contributed by atoms with Crippen LogP contribution >= 0.6 is 15.9 Å². The van der Waals surface area contributed by atoms with E-state index in [0.717, 1.165) is 12.8 Å². The van der Waals surface area contributed by atoms with Gasteiger partial charge in [0.25, 0.3) is 0 Å². The lowest BCUT2D eigenvalue weighted by molar-refractivity contribution is -0.132. The molecule has 20 heavy (non-hydrogen) atoms. The van der Waals surface area contributed by atoms with Crippen molar-refractivity contribution in [2.45, 2.75) is 30.5 Å². The molecule has 2 saturated carbocycles. The van der Waals surface area contributed by atoms with Gasteiger partial charge in [-0.15, -0.1) is 0 Å². The van der Waals surface area contributed by atoms with E-state index in [4.69, 9.17) is 0 Å². The summed E-state index contributed by atoms with van der Waals surface area (Å²) in [5.74, 6) is 0.0465. The number of hydrazine groups is 1. The molecule has 1 aromatic carbocycles. The van der Waals surface area contributed by atoms with E-state index in [9.17, 15) is 9.59 Å². The Bertz CT molecular complexity index is 548. The Balaban J connectivity index is 1.49. The fourth-order valence-corrected chi connectivity index (χ4v) is 3.34. The Morgan fingerprint density at radius 3 is 2.50 bits per heavy atom. The quantitative estimate of drug-likeness (QED) is 0.656. The minimum atomic E-state index is -0.379. The molecule has 5 heteroatoms. The number of hydrogen-bond donors (Lipinski definition) is 2. The molecule has 4 atom stereocenters. The summed E-state index contributed by atoms with van der Waals surface area (Å²) in [6, 6.07) is 10.0. The van der Waals surface area contributed by atoms with Gasteiger partial charge in [0.1, 0.15) is 0 Å². The standard InChI is InChI=1S/C15H17BrN2O2/c1-15(8-12(15)16)14(20)18-17-13(19)11-7-10(11)9-5-3-2-4-6-9/h2-6,10-12H,7-8H2,1H3,(H,17,19)(H,18,20)/t10-,11-,12+,15+/m1/s1. The van der Waals surface area contributed by atoms with E-state index in [1.807, 2.05) is 37.3 Å². The summed E-state index contributed by atoms with van der Waals surface area (Å²) in [5.41, 5.74) is 5.90. The first-order valence-electron chi connectivity index (χ1n) is 6.81. The molecule has 2 fully saturated rings. The number of rotatable bonds is 3. The van der Waals surface area contributed by atoms with Gasteiger partial charge in [-0.1, -0.05) is 46.3 Å². The number of carbonyl (C=O) groups excluding carboxylic acids is 2. The fraction of sp³-hybridized carbons (Fsp3) is 0.467. The van der Waals surface area contributed by atoms with E-state index in [-0.39, 0.29) is 33.9 Å². The highest BCUT2D eigenvalue weighted by Crippen LogP contribution is 2.51. The van der Waals surface area contributed by atoms with Crippen LogP contribution in [-0.2, 0) is 9.59 Å².